The van der Waals surface area contributed by atoms with Crippen LogP contribution in [0.1, 0.15) is 12.5 Å². The Bertz CT molecular complexity index is 602. The molecular weight excluding hydrogens is 306 g/mol. The Balaban J connectivity index is 2.42. The molecule has 0 bridgehead atoms. The van der Waals surface area contributed by atoms with E-state index < -0.39 is 23.4 Å². The summed E-state index contributed by atoms with van der Waals surface area (Å²) in [6.07, 6.45) is -0.319. The molecule has 0 spiro atoms. The highest BCUT2D eigenvalue weighted by Gasteiger charge is 2.17. The van der Waals surface area contributed by atoms with Gasteiger partial charge >= 0.3 is 5.97 Å². The van der Waals surface area contributed by atoms with Crippen molar-refractivity contribution >= 4 is 23.5 Å². The molecular formula is C14H17N3O6. The topological polar surface area (TPSA) is 128 Å². The molecule has 9 heteroatoms. The number of benzene rings is 1. The number of nitro groups is 1. The van der Waals surface area contributed by atoms with Gasteiger partial charge in [0, 0.05) is 18.2 Å². The van der Waals surface area contributed by atoms with E-state index in [-0.39, 0.29) is 30.1 Å². The molecule has 0 saturated carbocycles. The molecule has 1 aromatic rings. The Morgan fingerprint density at radius 3 is 2.52 bits per heavy atom. The Morgan fingerprint density at radius 1 is 1.17 bits per heavy atom. The predicted octanol–water partition coefficient (Wildman–Crippen LogP) is -0.0672. The third-order valence-corrected chi connectivity index (χ3v) is 2.71. The van der Waals surface area contributed by atoms with Crippen molar-refractivity contribution in [2.75, 3.05) is 19.7 Å². The van der Waals surface area contributed by atoms with Crippen LogP contribution in [0.25, 0.3) is 0 Å². The number of carbonyl (C=O) groups excluding carboxylic acids is 3. The third kappa shape index (κ3) is 6.55. The zero-order valence-electron chi connectivity index (χ0n) is 12.5. The number of ether oxygens (including phenoxy) is 1. The highest BCUT2D eigenvalue weighted by molar-refractivity contribution is 5.86. The van der Waals surface area contributed by atoms with Gasteiger partial charge in [-0.3, -0.25) is 24.5 Å². The van der Waals surface area contributed by atoms with Crippen molar-refractivity contribution in [2.45, 2.75) is 13.3 Å². The molecule has 2 amide bonds. The minimum Gasteiger partial charge on any atom is -0.455 e. The monoisotopic (exact) mass is 323 g/mol. The van der Waals surface area contributed by atoms with E-state index in [0.29, 0.717) is 6.54 Å². The number of esters is 1. The third-order valence-electron chi connectivity index (χ3n) is 2.71. The summed E-state index contributed by atoms with van der Waals surface area (Å²) in [5.41, 5.74) is 0.00960. The second-order valence-electron chi connectivity index (χ2n) is 4.45. The summed E-state index contributed by atoms with van der Waals surface area (Å²) in [6, 6.07) is 5.77. The van der Waals surface area contributed by atoms with Crippen molar-refractivity contribution in [3.63, 3.8) is 0 Å². The first-order valence-corrected chi connectivity index (χ1v) is 6.85. The van der Waals surface area contributed by atoms with Gasteiger partial charge < -0.3 is 15.4 Å². The lowest BCUT2D eigenvalue weighted by molar-refractivity contribution is -0.385. The quantitative estimate of drug-likeness (QED) is 0.392. The first kappa shape index (κ1) is 18.1. The van der Waals surface area contributed by atoms with Gasteiger partial charge in [0.15, 0.2) is 6.61 Å². The number of rotatable bonds is 8. The summed E-state index contributed by atoms with van der Waals surface area (Å²) in [7, 11) is 0. The van der Waals surface area contributed by atoms with Gasteiger partial charge in [0.2, 0.25) is 5.91 Å². The van der Waals surface area contributed by atoms with Crippen LogP contribution in [0.5, 0.6) is 0 Å². The number of hydrogen-bond acceptors (Lipinski definition) is 6. The van der Waals surface area contributed by atoms with Crippen LogP contribution in [0, 0.1) is 10.1 Å². The zero-order chi connectivity index (χ0) is 17.2. The van der Waals surface area contributed by atoms with Gasteiger partial charge in [0.05, 0.1) is 17.9 Å². The van der Waals surface area contributed by atoms with Crippen molar-refractivity contribution in [1.82, 2.24) is 10.6 Å². The highest BCUT2D eigenvalue weighted by atomic mass is 16.6. The molecule has 124 valence electrons. The number of hydrogen-bond donors (Lipinski definition) is 2. The molecule has 0 aromatic heterocycles. The lowest BCUT2D eigenvalue weighted by Crippen LogP contribution is -2.38. The zero-order valence-corrected chi connectivity index (χ0v) is 12.5. The minimum atomic E-state index is -0.771. The SMILES string of the molecule is CCNC(=O)CNC(=O)COC(=O)Cc1ccccc1[N+](=O)[O-]. The van der Waals surface area contributed by atoms with Gasteiger partial charge in [-0.05, 0) is 6.92 Å². The van der Waals surface area contributed by atoms with Gasteiger partial charge in [0.25, 0.3) is 11.6 Å². The first-order valence-electron chi connectivity index (χ1n) is 6.85. The average molecular weight is 323 g/mol. The van der Waals surface area contributed by atoms with E-state index in [4.69, 9.17) is 4.74 Å². The minimum absolute atomic E-state index is 0.190. The van der Waals surface area contributed by atoms with E-state index in [0.717, 1.165) is 0 Å². The lowest BCUT2D eigenvalue weighted by atomic mass is 10.1. The first-order chi connectivity index (χ1) is 10.9. The molecule has 0 radical (unpaired) electrons. The van der Waals surface area contributed by atoms with Crippen molar-refractivity contribution in [3.8, 4) is 0 Å². The number of nitro benzene ring substituents is 1. The number of likely N-dealkylation sites (N-methyl/N-ethyl adjacent to an activating group) is 1. The summed E-state index contributed by atoms with van der Waals surface area (Å²) in [5, 5.41) is 15.6. The Morgan fingerprint density at radius 2 is 1.87 bits per heavy atom. The van der Waals surface area contributed by atoms with Crippen LogP contribution in [0.3, 0.4) is 0 Å². The fourth-order valence-corrected chi connectivity index (χ4v) is 1.68. The molecule has 23 heavy (non-hydrogen) atoms. The molecule has 9 nitrogen and oxygen atoms in total. The molecule has 1 rings (SSSR count). The molecule has 0 aliphatic heterocycles. The summed E-state index contributed by atoms with van der Waals surface area (Å²) in [6.45, 7) is 1.41. The maximum atomic E-state index is 11.6. The lowest BCUT2D eigenvalue weighted by Gasteiger charge is -2.07. The Kier molecular flexibility index (Phi) is 7.18. The van der Waals surface area contributed by atoms with Gasteiger partial charge in [-0.25, -0.2) is 0 Å². The summed E-state index contributed by atoms with van der Waals surface area (Å²) < 4.78 is 4.73. The van der Waals surface area contributed by atoms with Crippen LogP contribution < -0.4 is 10.6 Å². The number of para-hydroxylation sites is 1. The van der Waals surface area contributed by atoms with Crippen LogP contribution in [-0.2, 0) is 25.5 Å². The average Bonchev–Trinajstić information content (AvgIpc) is 2.51. The van der Waals surface area contributed by atoms with Crippen LogP contribution in [0.2, 0.25) is 0 Å². The summed E-state index contributed by atoms with van der Waals surface area (Å²) in [4.78, 5) is 44.4. The number of carbonyl (C=O) groups is 3. The number of nitrogens with zero attached hydrogens (tertiary/aromatic N) is 1. The number of nitrogens with one attached hydrogen (secondary N) is 2. The van der Waals surface area contributed by atoms with Crippen LogP contribution >= 0.6 is 0 Å². The molecule has 0 fully saturated rings. The predicted molar refractivity (Wildman–Crippen MR) is 79.5 cm³/mol. The molecule has 0 aliphatic carbocycles. The second-order valence-corrected chi connectivity index (χ2v) is 4.45. The van der Waals surface area contributed by atoms with E-state index in [9.17, 15) is 24.5 Å². The molecule has 1 aromatic carbocycles. The summed E-state index contributed by atoms with van der Waals surface area (Å²) >= 11 is 0. The second kappa shape index (κ2) is 9.13. The van der Waals surface area contributed by atoms with E-state index in [2.05, 4.69) is 10.6 Å². The smallest absolute Gasteiger partial charge is 0.311 e. The molecule has 0 atom stereocenters. The molecule has 0 unspecified atom stereocenters. The Labute approximate surface area is 132 Å². The fourth-order valence-electron chi connectivity index (χ4n) is 1.68. The van der Waals surface area contributed by atoms with Crippen LogP contribution in [0.15, 0.2) is 24.3 Å². The largest absolute Gasteiger partial charge is 0.455 e. The van der Waals surface area contributed by atoms with E-state index in [1.165, 1.54) is 18.2 Å². The van der Waals surface area contributed by atoms with Gasteiger partial charge in [-0.1, -0.05) is 18.2 Å². The van der Waals surface area contributed by atoms with E-state index in [1.807, 2.05) is 0 Å². The maximum absolute atomic E-state index is 11.6. The van der Waals surface area contributed by atoms with Crippen molar-refractivity contribution in [2.24, 2.45) is 0 Å². The summed E-state index contributed by atoms with van der Waals surface area (Å²) in [5.74, 6) is -1.76. The van der Waals surface area contributed by atoms with Crippen molar-refractivity contribution in [1.29, 1.82) is 0 Å². The van der Waals surface area contributed by atoms with Gasteiger partial charge in [-0.15, -0.1) is 0 Å². The number of amides is 2. The molecule has 2 N–H and O–H groups in total. The van der Waals surface area contributed by atoms with Gasteiger partial charge in [0.1, 0.15) is 0 Å². The molecule has 0 aliphatic rings. The fraction of sp³-hybridized carbons (Fsp3) is 0.357. The van der Waals surface area contributed by atoms with Crippen LogP contribution in [0.4, 0.5) is 5.69 Å². The Hall–Kier alpha value is -2.97. The van der Waals surface area contributed by atoms with Crippen LogP contribution in [-0.4, -0.2) is 42.4 Å². The highest BCUT2D eigenvalue weighted by Crippen LogP contribution is 2.18. The molecule has 0 saturated heterocycles. The van der Waals surface area contributed by atoms with Crippen molar-refractivity contribution < 1.29 is 24.0 Å². The molecule has 0 heterocycles. The van der Waals surface area contributed by atoms with Crippen molar-refractivity contribution in [3.05, 3.63) is 39.9 Å². The van der Waals surface area contributed by atoms with Gasteiger partial charge in [-0.2, -0.15) is 0 Å². The van der Waals surface area contributed by atoms with E-state index in [1.54, 1.807) is 13.0 Å². The maximum Gasteiger partial charge on any atom is 0.311 e. The standard InChI is InChI=1S/C14H17N3O6/c1-2-15-12(18)8-16-13(19)9-23-14(20)7-10-5-3-4-6-11(10)17(21)22/h3-6H,2,7-9H2,1H3,(H,15,18)(H,16,19). The normalized spacial score (nSPS) is 9.78. The van der Waals surface area contributed by atoms with E-state index >= 15 is 0 Å².